The van der Waals surface area contributed by atoms with Crippen LogP contribution in [0.4, 0.5) is 21.7 Å². The summed E-state index contributed by atoms with van der Waals surface area (Å²) in [5.74, 6) is 1.07. The lowest BCUT2D eigenvalue weighted by atomic mass is 10.1. The van der Waals surface area contributed by atoms with Crippen molar-refractivity contribution >= 4 is 33.3 Å². The molecule has 4 nitrogen and oxygen atoms in total. The summed E-state index contributed by atoms with van der Waals surface area (Å²) in [5.41, 5.74) is 1.35. The van der Waals surface area contributed by atoms with Crippen LogP contribution >= 0.6 is 15.9 Å². The number of aromatic nitrogens is 2. The van der Waals surface area contributed by atoms with Gasteiger partial charge in [-0.2, -0.15) is 0 Å². The molecule has 1 heterocycles. The monoisotopic (exact) mass is 338 g/mol. The fraction of sp³-hybridized carbons (Fsp3) is 0.286. The lowest BCUT2D eigenvalue weighted by molar-refractivity contribution is 0.631. The van der Waals surface area contributed by atoms with E-state index in [9.17, 15) is 4.39 Å². The standard InChI is InChI=1S/C14H16BrFN4/c1-3-4-10-13(17-2)18-8-19-14(10)20-12-6-5-9(15)7-11(12)16/h5-8H,3-4H2,1-2H3,(H2,17,18,19,20). The van der Waals surface area contributed by atoms with Crippen molar-refractivity contribution in [1.82, 2.24) is 9.97 Å². The molecule has 0 atom stereocenters. The van der Waals surface area contributed by atoms with Gasteiger partial charge in [-0.3, -0.25) is 0 Å². The highest BCUT2D eigenvalue weighted by atomic mass is 79.9. The smallest absolute Gasteiger partial charge is 0.147 e. The first kappa shape index (κ1) is 14.7. The first-order chi connectivity index (χ1) is 9.65. The van der Waals surface area contributed by atoms with Gasteiger partial charge in [0, 0.05) is 17.1 Å². The van der Waals surface area contributed by atoms with Gasteiger partial charge < -0.3 is 10.6 Å². The van der Waals surface area contributed by atoms with Crippen molar-refractivity contribution in [2.24, 2.45) is 0 Å². The number of anilines is 3. The molecule has 0 unspecified atom stereocenters. The second kappa shape index (κ2) is 6.65. The lowest BCUT2D eigenvalue weighted by Gasteiger charge is -2.14. The fourth-order valence-electron chi connectivity index (χ4n) is 1.94. The van der Waals surface area contributed by atoms with Gasteiger partial charge in [0.25, 0.3) is 0 Å². The molecule has 0 radical (unpaired) electrons. The molecule has 2 N–H and O–H groups in total. The molecule has 0 fully saturated rings. The number of hydrogen-bond acceptors (Lipinski definition) is 4. The van der Waals surface area contributed by atoms with Crippen LogP contribution in [0.25, 0.3) is 0 Å². The van der Waals surface area contributed by atoms with Crippen LogP contribution in [-0.2, 0) is 6.42 Å². The zero-order valence-electron chi connectivity index (χ0n) is 11.4. The van der Waals surface area contributed by atoms with Gasteiger partial charge in [0.05, 0.1) is 5.69 Å². The zero-order chi connectivity index (χ0) is 14.5. The van der Waals surface area contributed by atoms with Crippen LogP contribution in [0.5, 0.6) is 0 Å². The Hall–Kier alpha value is -1.69. The second-order valence-electron chi connectivity index (χ2n) is 4.30. The lowest BCUT2D eigenvalue weighted by Crippen LogP contribution is -2.06. The zero-order valence-corrected chi connectivity index (χ0v) is 13.0. The Labute approximate surface area is 126 Å². The van der Waals surface area contributed by atoms with E-state index in [1.807, 2.05) is 7.05 Å². The molecule has 106 valence electrons. The molecule has 0 aliphatic carbocycles. The molecule has 0 saturated carbocycles. The van der Waals surface area contributed by atoms with Crippen LogP contribution in [0.2, 0.25) is 0 Å². The molecule has 0 bridgehead atoms. The summed E-state index contributed by atoms with van der Waals surface area (Å²) in [6.45, 7) is 2.08. The molecular weight excluding hydrogens is 323 g/mol. The summed E-state index contributed by atoms with van der Waals surface area (Å²) >= 11 is 3.24. The minimum absolute atomic E-state index is 0.327. The summed E-state index contributed by atoms with van der Waals surface area (Å²) < 4.78 is 14.6. The van der Waals surface area contributed by atoms with E-state index < -0.39 is 0 Å². The van der Waals surface area contributed by atoms with E-state index in [-0.39, 0.29) is 5.82 Å². The summed E-state index contributed by atoms with van der Waals surface area (Å²) in [4.78, 5) is 8.42. The minimum atomic E-state index is -0.327. The van der Waals surface area contributed by atoms with Crippen LogP contribution in [0, 0.1) is 5.82 Å². The number of rotatable bonds is 5. The Morgan fingerprint density at radius 1 is 1.25 bits per heavy atom. The van der Waals surface area contributed by atoms with E-state index in [0.29, 0.717) is 16.0 Å². The number of nitrogens with one attached hydrogen (secondary N) is 2. The van der Waals surface area contributed by atoms with E-state index >= 15 is 0 Å². The molecule has 0 aliphatic rings. The number of hydrogen-bond donors (Lipinski definition) is 2. The van der Waals surface area contributed by atoms with Crippen LogP contribution in [-0.4, -0.2) is 17.0 Å². The third-order valence-electron chi connectivity index (χ3n) is 2.87. The van der Waals surface area contributed by atoms with Crippen LogP contribution < -0.4 is 10.6 Å². The van der Waals surface area contributed by atoms with Crippen molar-refractivity contribution in [2.75, 3.05) is 17.7 Å². The summed E-state index contributed by atoms with van der Waals surface area (Å²) in [5, 5.41) is 6.08. The van der Waals surface area contributed by atoms with Crippen molar-refractivity contribution < 1.29 is 4.39 Å². The molecule has 6 heteroatoms. The predicted octanol–water partition coefficient (Wildman–Crippen LogP) is 4.12. The maximum Gasteiger partial charge on any atom is 0.147 e. The average molecular weight is 339 g/mol. The summed E-state index contributed by atoms with van der Waals surface area (Å²) in [7, 11) is 1.81. The number of nitrogens with zero attached hydrogens (tertiary/aromatic N) is 2. The Morgan fingerprint density at radius 3 is 2.65 bits per heavy atom. The molecule has 1 aromatic heterocycles. The first-order valence-electron chi connectivity index (χ1n) is 6.39. The van der Waals surface area contributed by atoms with Crippen molar-refractivity contribution in [3.05, 3.63) is 40.4 Å². The predicted molar refractivity (Wildman–Crippen MR) is 83.0 cm³/mol. The van der Waals surface area contributed by atoms with Crippen molar-refractivity contribution in [3.63, 3.8) is 0 Å². The summed E-state index contributed by atoms with van der Waals surface area (Å²) in [6.07, 6.45) is 3.24. The van der Waals surface area contributed by atoms with Crippen molar-refractivity contribution in [3.8, 4) is 0 Å². The Balaban J connectivity index is 2.37. The third kappa shape index (κ3) is 3.25. The molecule has 1 aromatic carbocycles. The van der Waals surface area contributed by atoms with Crippen LogP contribution in [0.15, 0.2) is 29.0 Å². The molecule has 2 aromatic rings. The van der Waals surface area contributed by atoms with E-state index in [1.165, 1.54) is 12.4 Å². The molecule has 2 rings (SSSR count). The second-order valence-corrected chi connectivity index (χ2v) is 5.21. The first-order valence-corrected chi connectivity index (χ1v) is 7.18. The van der Waals surface area contributed by atoms with E-state index in [4.69, 9.17) is 0 Å². The molecular formula is C14H16BrFN4. The molecule has 0 spiro atoms. The van der Waals surface area contributed by atoms with Crippen molar-refractivity contribution in [2.45, 2.75) is 19.8 Å². The van der Waals surface area contributed by atoms with Gasteiger partial charge in [-0.1, -0.05) is 29.3 Å². The average Bonchev–Trinajstić information content (AvgIpc) is 2.43. The molecule has 20 heavy (non-hydrogen) atoms. The Morgan fingerprint density at radius 2 is 2.00 bits per heavy atom. The van der Waals surface area contributed by atoms with Gasteiger partial charge in [0.1, 0.15) is 23.8 Å². The van der Waals surface area contributed by atoms with Crippen LogP contribution in [0.3, 0.4) is 0 Å². The Kier molecular flexibility index (Phi) is 4.89. The maximum atomic E-state index is 13.9. The molecule has 0 saturated heterocycles. The van der Waals surface area contributed by atoms with E-state index in [0.717, 1.165) is 24.2 Å². The Bertz CT molecular complexity index is 604. The minimum Gasteiger partial charge on any atom is -0.373 e. The highest BCUT2D eigenvalue weighted by molar-refractivity contribution is 9.10. The SMILES string of the molecule is CCCc1c(NC)ncnc1Nc1ccc(Br)cc1F. The molecule has 0 aliphatic heterocycles. The van der Waals surface area contributed by atoms with Crippen molar-refractivity contribution in [1.29, 1.82) is 0 Å². The highest BCUT2D eigenvalue weighted by Crippen LogP contribution is 2.27. The van der Waals surface area contributed by atoms with Gasteiger partial charge in [0.2, 0.25) is 0 Å². The highest BCUT2D eigenvalue weighted by Gasteiger charge is 2.11. The third-order valence-corrected chi connectivity index (χ3v) is 3.36. The number of halogens is 2. The fourth-order valence-corrected chi connectivity index (χ4v) is 2.27. The summed E-state index contributed by atoms with van der Waals surface area (Å²) in [6, 6.07) is 4.88. The maximum absolute atomic E-state index is 13.9. The van der Waals surface area contributed by atoms with Gasteiger partial charge >= 0.3 is 0 Å². The molecule has 0 amide bonds. The van der Waals surface area contributed by atoms with Gasteiger partial charge in [-0.25, -0.2) is 14.4 Å². The quantitative estimate of drug-likeness (QED) is 0.861. The largest absolute Gasteiger partial charge is 0.373 e. The topological polar surface area (TPSA) is 49.8 Å². The van der Waals surface area contributed by atoms with Gasteiger partial charge in [0.15, 0.2) is 0 Å². The van der Waals surface area contributed by atoms with Gasteiger partial charge in [-0.15, -0.1) is 0 Å². The van der Waals surface area contributed by atoms with Gasteiger partial charge in [-0.05, 0) is 24.6 Å². The normalized spacial score (nSPS) is 10.4. The van der Waals surface area contributed by atoms with E-state index in [2.05, 4.69) is 43.5 Å². The van der Waals surface area contributed by atoms with Crippen LogP contribution in [0.1, 0.15) is 18.9 Å². The number of benzene rings is 1. The van der Waals surface area contributed by atoms with E-state index in [1.54, 1.807) is 12.1 Å².